The summed E-state index contributed by atoms with van der Waals surface area (Å²) in [6.45, 7) is 2.48. The van der Waals surface area contributed by atoms with E-state index in [-0.39, 0.29) is 12.3 Å². The lowest BCUT2D eigenvalue weighted by Gasteiger charge is -2.07. The molecule has 11 heteroatoms. The fraction of sp³-hybridized carbons (Fsp3) is 0.217. The topological polar surface area (TPSA) is 85.9 Å². The Labute approximate surface area is 210 Å². The van der Waals surface area contributed by atoms with E-state index in [1.54, 1.807) is 37.0 Å². The second-order valence-corrected chi connectivity index (χ2v) is 9.05. The lowest BCUT2D eigenvalue weighted by Crippen LogP contribution is -2.38. The third-order valence-corrected chi connectivity index (χ3v) is 6.96. The zero-order valence-electron chi connectivity index (χ0n) is 18.7. The molecule has 0 aliphatic rings. The third-order valence-electron chi connectivity index (χ3n) is 5.02. The number of benzene rings is 2. The maximum atomic E-state index is 12.6. The Bertz CT molecular complexity index is 1320. The van der Waals surface area contributed by atoms with Gasteiger partial charge in [-0.2, -0.15) is 0 Å². The van der Waals surface area contributed by atoms with E-state index in [2.05, 4.69) is 15.3 Å². The van der Waals surface area contributed by atoms with Gasteiger partial charge in [0.25, 0.3) is 0 Å². The Balaban J connectivity index is 1.68. The van der Waals surface area contributed by atoms with Crippen molar-refractivity contribution in [3.05, 3.63) is 70.0 Å². The molecule has 0 radical (unpaired) electrons. The summed E-state index contributed by atoms with van der Waals surface area (Å²) < 4.78 is 14.2. The number of methoxy groups -OCH3 is 1. The van der Waals surface area contributed by atoms with Crippen LogP contribution < -0.4 is 9.42 Å². The summed E-state index contributed by atoms with van der Waals surface area (Å²) in [5.41, 5.74) is 2.04. The highest BCUT2D eigenvalue weighted by molar-refractivity contribution is 7.99. The number of ether oxygens (including phenoxy) is 2. The minimum Gasteiger partial charge on any atom is -0.497 e. The average molecular weight is 519 g/mol. The molecular formula is C23H22Cl2N5O3S+. The molecule has 1 N–H and O–H groups in total. The molecule has 2 heterocycles. The molecule has 2 aromatic carbocycles. The molecule has 0 unspecified atom stereocenters. The highest BCUT2D eigenvalue weighted by atomic mass is 35.5. The van der Waals surface area contributed by atoms with Crippen LogP contribution in [0.5, 0.6) is 5.75 Å². The van der Waals surface area contributed by atoms with Gasteiger partial charge >= 0.3 is 11.7 Å². The van der Waals surface area contributed by atoms with Crippen molar-refractivity contribution in [2.75, 3.05) is 13.7 Å². The average Bonchev–Trinajstić information content (AvgIpc) is 3.40. The lowest BCUT2D eigenvalue weighted by molar-refractivity contribution is -0.778. The predicted octanol–water partition coefficient (Wildman–Crippen LogP) is 4.79. The first-order valence-corrected chi connectivity index (χ1v) is 11.9. The molecule has 0 amide bonds. The van der Waals surface area contributed by atoms with Crippen molar-refractivity contribution in [1.29, 1.82) is 0 Å². The molecular weight excluding hydrogens is 497 g/mol. The molecule has 4 aromatic rings. The first-order chi connectivity index (χ1) is 16.4. The van der Waals surface area contributed by atoms with Crippen molar-refractivity contribution in [2.45, 2.75) is 23.5 Å². The molecule has 176 valence electrons. The van der Waals surface area contributed by atoms with Crippen molar-refractivity contribution in [3.63, 3.8) is 0 Å². The van der Waals surface area contributed by atoms with Gasteiger partial charge in [-0.05, 0) is 54.6 Å². The molecule has 8 nitrogen and oxygen atoms in total. The normalized spacial score (nSPS) is 11.0. The van der Waals surface area contributed by atoms with Crippen molar-refractivity contribution < 1.29 is 19.0 Å². The Morgan fingerprint density at radius 3 is 2.62 bits per heavy atom. The van der Waals surface area contributed by atoms with E-state index < -0.39 is 5.97 Å². The summed E-state index contributed by atoms with van der Waals surface area (Å²) in [5.74, 6) is 0.982. The first-order valence-electron chi connectivity index (χ1n) is 10.3. The molecule has 0 saturated carbocycles. The van der Waals surface area contributed by atoms with Gasteiger partial charge in [-0.3, -0.25) is 0 Å². The highest BCUT2D eigenvalue weighted by Gasteiger charge is 2.31. The van der Waals surface area contributed by atoms with E-state index in [1.807, 2.05) is 41.9 Å². The number of esters is 1. The molecule has 0 fully saturated rings. The number of H-pyrrole nitrogens is 1. The number of hydrogen-bond acceptors (Lipinski definition) is 6. The molecule has 34 heavy (non-hydrogen) atoms. The number of carbonyl (C=O) groups excluding carboxylic acids is 1. The van der Waals surface area contributed by atoms with Crippen molar-refractivity contribution in [2.24, 2.45) is 7.05 Å². The zero-order valence-corrected chi connectivity index (χ0v) is 21.0. The molecule has 0 bridgehead atoms. The van der Waals surface area contributed by atoms with E-state index in [9.17, 15) is 4.79 Å². The Kier molecular flexibility index (Phi) is 7.45. The largest absolute Gasteiger partial charge is 0.497 e. The van der Waals surface area contributed by atoms with Gasteiger partial charge in [0.2, 0.25) is 5.03 Å². The maximum Gasteiger partial charge on any atom is 0.390 e. The molecule has 0 aliphatic carbocycles. The fourth-order valence-electron chi connectivity index (χ4n) is 3.28. The van der Waals surface area contributed by atoms with Gasteiger partial charge in [0.05, 0.1) is 35.1 Å². The van der Waals surface area contributed by atoms with Crippen LogP contribution in [0.15, 0.2) is 58.7 Å². The van der Waals surface area contributed by atoms with Crippen LogP contribution >= 0.6 is 35.0 Å². The Hall–Kier alpha value is -3.01. The molecule has 0 spiro atoms. The quantitative estimate of drug-likeness (QED) is 0.266. The van der Waals surface area contributed by atoms with E-state index in [1.165, 1.54) is 11.8 Å². The molecule has 0 saturated heterocycles. The predicted molar refractivity (Wildman–Crippen MR) is 130 cm³/mol. The van der Waals surface area contributed by atoms with Crippen LogP contribution in [0.3, 0.4) is 0 Å². The van der Waals surface area contributed by atoms with Crippen LogP contribution in [0.25, 0.3) is 11.4 Å². The van der Waals surface area contributed by atoms with Crippen LogP contribution in [0, 0.1) is 0 Å². The van der Waals surface area contributed by atoms with Crippen LogP contribution in [0.2, 0.25) is 10.0 Å². The second-order valence-electron chi connectivity index (χ2n) is 7.23. The number of nitrogens with one attached hydrogen (secondary N) is 1. The summed E-state index contributed by atoms with van der Waals surface area (Å²) >= 11 is 13.6. The summed E-state index contributed by atoms with van der Waals surface area (Å²) in [7, 11) is 3.52. The lowest BCUT2D eigenvalue weighted by atomic mass is 10.2. The molecule has 0 aliphatic heterocycles. The summed E-state index contributed by atoms with van der Waals surface area (Å²) in [6.07, 6.45) is 1.74. The minimum atomic E-state index is -0.499. The van der Waals surface area contributed by atoms with E-state index in [0.717, 1.165) is 21.9 Å². The highest BCUT2D eigenvalue weighted by Crippen LogP contribution is 2.33. The maximum absolute atomic E-state index is 12.6. The van der Waals surface area contributed by atoms with Crippen LogP contribution in [0.1, 0.15) is 23.0 Å². The number of nitrogens with zero attached hydrogens (tertiary/aromatic N) is 4. The first kappa shape index (κ1) is 24.1. The van der Waals surface area contributed by atoms with Crippen LogP contribution in [0.4, 0.5) is 0 Å². The number of rotatable bonds is 8. The summed E-state index contributed by atoms with van der Waals surface area (Å²) in [5, 5.41) is 9.51. The number of halogens is 2. The SMILES string of the molecule is CCOC(=O)c1n[nH][n+](Cc2ccc(OC)cc2)c1Sc1cnc(-c2ccc(Cl)c(Cl)c2)n1C. The van der Waals surface area contributed by atoms with Gasteiger partial charge in [-0.15, -0.1) is 4.68 Å². The molecule has 2 aromatic heterocycles. The van der Waals surface area contributed by atoms with Crippen LogP contribution in [-0.4, -0.2) is 39.5 Å². The van der Waals surface area contributed by atoms with Gasteiger partial charge in [-0.25, -0.2) is 9.78 Å². The van der Waals surface area contributed by atoms with Crippen molar-refractivity contribution in [1.82, 2.24) is 19.9 Å². The monoisotopic (exact) mass is 518 g/mol. The number of imidazole rings is 1. The number of aromatic amines is 1. The van der Waals surface area contributed by atoms with Gasteiger partial charge in [0.15, 0.2) is 0 Å². The zero-order chi connectivity index (χ0) is 24.2. The third kappa shape index (κ3) is 5.06. The van der Waals surface area contributed by atoms with Crippen LogP contribution in [-0.2, 0) is 18.3 Å². The van der Waals surface area contributed by atoms with Gasteiger partial charge in [0, 0.05) is 12.6 Å². The summed E-state index contributed by atoms with van der Waals surface area (Å²) in [4.78, 5) is 17.1. The van der Waals surface area contributed by atoms with Gasteiger partial charge < -0.3 is 14.0 Å². The minimum absolute atomic E-state index is 0.206. The second kappa shape index (κ2) is 10.5. The summed E-state index contributed by atoms with van der Waals surface area (Å²) in [6, 6.07) is 13.0. The van der Waals surface area contributed by atoms with E-state index in [0.29, 0.717) is 27.4 Å². The fourth-order valence-corrected chi connectivity index (χ4v) is 4.55. The Morgan fingerprint density at radius 1 is 1.18 bits per heavy atom. The van der Waals surface area contributed by atoms with E-state index in [4.69, 9.17) is 32.7 Å². The Morgan fingerprint density at radius 2 is 1.94 bits per heavy atom. The number of aromatic nitrogens is 5. The van der Waals surface area contributed by atoms with E-state index >= 15 is 0 Å². The van der Waals surface area contributed by atoms with Gasteiger partial charge in [0.1, 0.15) is 23.1 Å². The molecule has 0 atom stereocenters. The smallest absolute Gasteiger partial charge is 0.390 e. The number of hydrogen-bond donors (Lipinski definition) is 1. The molecule has 4 rings (SSSR count). The number of carbonyl (C=O) groups is 1. The van der Waals surface area contributed by atoms with Crippen molar-refractivity contribution >= 4 is 40.9 Å². The standard InChI is InChI=1S/C23H21Cl2N5O3S/c1-4-33-23(31)20-22(30(28-27-20)13-14-5-8-16(32-3)9-6-14)34-19-12-26-21(29(19)2)15-7-10-17(24)18(25)11-15/h5-12H,4,13H2,1-3H3/p+1. The van der Waals surface area contributed by atoms with Crippen molar-refractivity contribution in [3.8, 4) is 17.1 Å². The van der Waals surface area contributed by atoms with Gasteiger partial charge in [-0.1, -0.05) is 40.5 Å².